The predicted molar refractivity (Wildman–Crippen MR) is 79.6 cm³/mol. The van der Waals surface area contributed by atoms with E-state index in [0.29, 0.717) is 6.04 Å². The number of fused-ring (bicyclic) bond motifs is 1. The Morgan fingerprint density at radius 3 is 3.00 bits per heavy atom. The molecule has 4 nitrogen and oxygen atoms in total. The standard InChI is InChI=1S/C16H16N4/c1-3-12-4-2-8-18-16(12)15(5-1)19-10-14-9-17-11-20(14)13-6-7-13/h1-5,8-9,11,13,19H,6-7,10H2. The van der Waals surface area contributed by atoms with E-state index in [2.05, 4.69) is 44.1 Å². The molecule has 2 aromatic heterocycles. The topological polar surface area (TPSA) is 42.7 Å². The van der Waals surface area contributed by atoms with Gasteiger partial charge < -0.3 is 9.88 Å². The van der Waals surface area contributed by atoms with E-state index in [4.69, 9.17) is 0 Å². The minimum atomic E-state index is 0.667. The van der Waals surface area contributed by atoms with Gasteiger partial charge in [-0.15, -0.1) is 0 Å². The van der Waals surface area contributed by atoms with Crippen molar-refractivity contribution in [3.05, 3.63) is 54.7 Å². The van der Waals surface area contributed by atoms with Gasteiger partial charge in [-0.05, 0) is 25.0 Å². The van der Waals surface area contributed by atoms with E-state index in [9.17, 15) is 0 Å². The van der Waals surface area contributed by atoms with Gasteiger partial charge in [-0.3, -0.25) is 4.98 Å². The Bertz CT molecular complexity index is 738. The summed E-state index contributed by atoms with van der Waals surface area (Å²) in [6.45, 7) is 0.784. The highest BCUT2D eigenvalue weighted by Gasteiger charge is 2.24. The second-order valence-electron chi connectivity index (χ2n) is 5.26. The van der Waals surface area contributed by atoms with Crippen molar-refractivity contribution in [2.75, 3.05) is 5.32 Å². The third kappa shape index (κ3) is 2.03. The fourth-order valence-electron chi connectivity index (χ4n) is 2.58. The molecule has 100 valence electrons. The minimum absolute atomic E-state index is 0.667. The monoisotopic (exact) mass is 264 g/mol. The van der Waals surface area contributed by atoms with Crippen LogP contribution in [-0.2, 0) is 6.54 Å². The number of imidazole rings is 1. The molecule has 0 unspecified atom stereocenters. The van der Waals surface area contributed by atoms with Crippen molar-refractivity contribution >= 4 is 16.6 Å². The van der Waals surface area contributed by atoms with Gasteiger partial charge in [-0.25, -0.2) is 4.98 Å². The van der Waals surface area contributed by atoms with Crippen molar-refractivity contribution in [2.45, 2.75) is 25.4 Å². The normalized spacial score (nSPS) is 14.6. The lowest BCUT2D eigenvalue weighted by molar-refractivity contribution is 0.701. The number of hydrogen-bond acceptors (Lipinski definition) is 3. The third-order valence-corrected chi connectivity index (χ3v) is 3.78. The van der Waals surface area contributed by atoms with Gasteiger partial charge in [0.2, 0.25) is 0 Å². The molecule has 3 aromatic rings. The summed E-state index contributed by atoms with van der Waals surface area (Å²) < 4.78 is 2.28. The molecule has 4 heteroatoms. The second kappa shape index (κ2) is 4.63. The number of anilines is 1. The van der Waals surface area contributed by atoms with Crippen molar-refractivity contribution < 1.29 is 0 Å². The van der Waals surface area contributed by atoms with Crippen molar-refractivity contribution in [1.82, 2.24) is 14.5 Å². The molecule has 0 atom stereocenters. The number of pyridine rings is 1. The first kappa shape index (κ1) is 11.5. The highest BCUT2D eigenvalue weighted by molar-refractivity contribution is 5.90. The van der Waals surface area contributed by atoms with Crippen molar-refractivity contribution in [3.8, 4) is 0 Å². The number of hydrogen-bond donors (Lipinski definition) is 1. The van der Waals surface area contributed by atoms with Gasteiger partial charge in [0.1, 0.15) is 0 Å². The SMILES string of the molecule is c1cnc2c(NCc3cncn3C3CC3)cccc2c1. The van der Waals surface area contributed by atoms with Gasteiger partial charge in [0.15, 0.2) is 0 Å². The molecular weight excluding hydrogens is 248 g/mol. The van der Waals surface area contributed by atoms with Crippen LogP contribution in [0.2, 0.25) is 0 Å². The van der Waals surface area contributed by atoms with Crippen LogP contribution >= 0.6 is 0 Å². The molecule has 0 aliphatic heterocycles. The van der Waals surface area contributed by atoms with Gasteiger partial charge in [0.25, 0.3) is 0 Å². The Kier molecular flexibility index (Phi) is 2.66. The van der Waals surface area contributed by atoms with Gasteiger partial charge in [-0.1, -0.05) is 18.2 Å². The first-order valence-corrected chi connectivity index (χ1v) is 7.00. The first-order chi connectivity index (χ1) is 9.92. The quantitative estimate of drug-likeness (QED) is 0.785. The van der Waals surface area contributed by atoms with E-state index >= 15 is 0 Å². The van der Waals surface area contributed by atoms with Crippen molar-refractivity contribution in [1.29, 1.82) is 0 Å². The van der Waals surface area contributed by atoms with Crippen LogP contribution in [0.3, 0.4) is 0 Å². The van der Waals surface area contributed by atoms with E-state index in [1.807, 2.05) is 24.8 Å². The van der Waals surface area contributed by atoms with E-state index in [-0.39, 0.29) is 0 Å². The molecule has 0 saturated heterocycles. The van der Waals surface area contributed by atoms with Gasteiger partial charge >= 0.3 is 0 Å². The average molecular weight is 264 g/mol. The summed E-state index contributed by atoms with van der Waals surface area (Å²) in [7, 11) is 0. The van der Waals surface area contributed by atoms with Gasteiger partial charge in [-0.2, -0.15) is 0 Å². The summed E-state index contributed by atoms with van der Waals surface area (Å²) in [4.78, 5) is 8.73. The fourth-order valence-corrected chi connectivity index (χ4v) is 2.58. The zero-order valence-electron chi connectivity index (χ0n) is 11.2. The summed E-state index contributed by atoms with van der Waals surface area (Å²) in [5.74, 6) is 0. The molecule has 0 bridgehead atoms. The highest BCUT2D eigenvalue weighted by Crippen LogP contribution is 2.35. The lowest BCUT2D eigenvalue weighted by atomic mass is 10.2. The van der Waals surface area contributed by atoms with Crippen LogP contribution in [0.5, 0.6) is 0 Å². The van der Waals surface area contributed by atoms with Gasteiger partial charge in [0.05, 0.1) is 29.8 Å². The maximum Gasteiger partial charge on any atom is 0.0951 e. The molecule has 1 saturated carbocycles. The molecule has 1 aromatic carbocycles. The maximum atomic E-state index is 4.47. The van der Waals surface area contributed by atoms with Crippen LogP contribution in [0.15, 0.2) is 49.1 Å². The molecule has 1 aliphatic carbocycles. The molecule has 0 amide bonds. The zero-order chi connectivity index (χ0) is 13.4. The summed E-state index contributed by atoms with van der Waals surface area (Å²) in [6, 6.07) is 10.9. The predicted octanol–water partition coefficient (Wildman–Crippen LogP) is 3.38. The maximum absolute atomic E-state index is 4.47. The van der Waals surface area contributed by atoms with Crippen molar-refractivity contribution in [3.63, 3.8) is 0 Å². The molecule has 0 spiro atoms. The molecular formula is C16H16N4. The fraction of sp³-hybridized carbons (Fsp3) is 0.250. The van der Waals surface area contributed by atoms with Crippen LogP contribution in [-0.4, -0.2) is 14.5 Å². The second-order valence-corrected chi connectivity index (χ2v) is 5.26. The largest absolute Gasteiger partial charge is 0.378 e. The number of nitrogens with one attached hydrogen (secondary N) is 1. The number of nitrogens with zero attached hydrogens (tertiary/aromatic N) is 3. The summed E-state index contributed by atoms with van der Waals surface area (Å²) >= 11 is 0. The number of rotatable bonds is 4. The molecule has 1 aliphatic rings. The Morgan fingerprint density at radius 2 is 2.10 bits per heavy atom. The molecule has 20 heavy (non-hydrogen) atoms. The number of aromatic nitrogens is 3. The summed E-state index contributed by atoms with van der Waals surface area (Å²) in [6.07, 6.45) is 8.28. The van der Waals surface area contributed by atoms with Crippen molar-refractivity contribution in [2.24, 2.45) is 0 Å². The molecule has 2 heterocycles. The Morgan fingerprint density at radius 1 is 1.20 bits per heavy atom. The van der Waals surface area contributed by atoms with Gasteiger partial charge in [0, 0.05) is 23.8 Å². The molecule has 1 fully saturated rings. The summed E-state index contributed by atoms with van der Waals surface area (Å²) in [5.41, 5.74) is 3.33. The zero-order valence-corrected chi connectivity index (χ0v) is 11.2. The van der Waals surface area contributed by atoms with Crippen LogP contribution in [0.25, 0.3) is 10.9 Å². The average Bonchev–Trinajstić information content (AvgIpc) is 3.24. The summed E-state index contributed by atoms with van der Waals surface area (Å²) in [5, 5.41) is 4.65. The number of benzene rings is 1. The third-order valence-electron chi connectivity index (χ3n) is 3.78. The smallest absolute Gasteiger partial charge is 0.0951 e. The van der Waals surface area contributed by atoms with E-state index in [0.717, 1.165) is 23.1 Å². The van der Waals surface area contributed by atoms with E-state index in [1.54, 1.807) is 0 Å². The van der Waals surface area contributed by atoms with Crippen LogP contribution in [0.4, 0.5) is 5.69 Å². The first-order valence-electron chi connectivity index (χ1n) is 7.00. The molecule has 4 rings (SSSR count). The van der Waals surface area contributed by atoms with Crippen LogP contribution < -0.4 is 5.32 Å². The molecule has 0 radical (unpaired) electrons. The minimum Gasteiger partial charge on any atom is -0.378 e. The highest BCUT2D eigenvalue weighted by atomic mass is 15.1. The lowest BCUT2D eigenvalue weighted by Gasteiger charge is -2.10. The Hall–Kier alpha value is -2.36. The number of para-hydroxylation sites is 1. The Balaban J connectivity index is 1.60. The van der Waals surface area contributed by atoms with Crippen LogP contribution in [0.1, 0.15) is 24.6 Å². The van der Waals surface area contributed by atoms with E-state index < -0.39 is 0 Å². The lowest BCUT2D eigenvalue weighted by Crippen LogP contribution is -2.06. The molecule has 1 N–H and O–H groups in total. The Labute approximate surface area is 117 Å². The van der Waals surface area contributed by atoms with Crippen LogP contribution in [0, 0.1) is 0 Å². The van der Waals surface area contributed by atoms with E-state index in [1.165, 1.54) is 18.5 Å².